The number of carbonyl (C=O) groups excluding carboxylic acids is 1. The van der Waals surface area contributed by atoms with Crippen LogP contribution < -0.4 is 0 Å². The number of rotatable bonds is 2. The number of carbonyl (C=O) groups is 1. The van der Waals surface area contributed by atoms with Crippen molar-refractivity contribution in [3.05, 3.63) is 35.4 Å². The van der Waals surface area contributed by atoms with E-state index >= 15 is 0 Å². The molecule has 2 unspecified atom stereocenters. The lowest BCUT2D eigenvalue weighted by Gasteiger charge is -2.60. The van der Waals surface area contributed by atoms with Gasteiger partial charge in [-0.3, -0.25) is 4.79 Å². The highest BCUT2D eigenvalue weighted by Crippen LogP contribution is 2.65. The van der Waals surface area contributed by atoms with Gasteiger partial charge in [0, 0.05) is 5.41 Å². The van der Waals surface area contributed by atoms with Gasteiger partial charge in [-0.05, 0) is 67.9 Å². The maximum atomic E-state index is 14.0. The van der Waals surface area contributed by atoms with Crippen LogP contribution in [0.15, 0.2) is 18.2 Å². The van der Waals surface area contributed by atoms with Crippen molar-refractivity contribution in [3.8, 4) is 0 Å². The van der Waals surface area contributed by atoms with Crippen molar-refractivity contribution in [2.24, 2.45) is 22.7 Å². The van der Waals surface area contributed by atoms with E-state index in [0.717, 1.165) is 25.3 Å². The van der Waals surface area contributed by atoms with E-state index < -0.39 is 17.0 Å². The number of halogens is 2. The molecule has 0 aromatic heterocycles. The Morgan fingerprint density at radius 2 is 1.81 bits per heavy atom. The van der Waals surface area contributed by atoms with Gasteiger partial charge in [0.25, 0.3) is 0 Å². The third-order valence-electron chi connectivity index (χ3n) is 6.03. The van der Waals surface area contributed by atoms with Crippen LogP contribution in [-0.4, -0.2) is 5.78 Å². The normalized spacial score (nSPS) is 40.5. The Morgan fingerprint density at radius 3 is 2.43 bits per heavy atom. The molecule has 5 rings (SSSR count). The highest BCUT2D eigenvalue weighted by Gasteiger charge is 2.58. The lowest BCUT2D eigenvalue weighted by Crippen LogP contribution is -2.54. The first-order chi connectivity index (χ1) is 9.91. The smallest absolute Gasteiger partial charge is 0.172 e. The molecule has 112 valence electrons. The molecule has 4 saturated carbocycles. The van der Waals surface area contributed by atoms with E-state index in [2.05, 4.69) is 6.92 Å². The molecule has 0 saturated heterocycles. The van der Waals surface area contributed by atoms with Crippen LogP contribution in [0.3, 0.4) is 0 Å². The molecule has 2 atom stereocenters. The first-order valence-corrected chi connectivity index (χ1v) is 7.90. The highest BCUT2D eigenvalue weighted by atomic mass is 19.2. The van der Waals surface area contributed by atoms with E-state index in [1.165, 1.54) is 31.4 Å². The summed E-state index contributed by atoms with van der Waals surface area (Å²) in [4.78, 5) is 13.0. The lowest BCUT2D eigenvalue weighted by atomic mass is 9.43. The molecule has 1 aromatic rings. The third kappa shape index (κ3) is 1.89. The number of benzene rings is 1. The van der Waals surface area contributed by atoms with Gasteiger partial charge < -0.3 is 0 Å². The monoisotopic (exact) mass is 290 g/mol. The van der Waals surface area contributed by atoms with Crippen LogP contribution in [-0.2, 0) is 0 Å². The number of Topliss-reactive ketones (excluding diaryl/α,β-unsaturated/α-hetero) is 1. The van der Waals surface area contributed by atoms with E-state index in [0.29, 0.717) is 11.8 Å². The standard InChI is InChI=1S/C18H20F2O/c1-17-6-11-5-12(7-17)9-18(8-11,10-17)16(21)13-3-2-4-14(19)15(13)20/h2-4,11-12H,5-10H2,1H3. The SMILES string of the molecule is CC12CC3CC(C1)CC(C(=O)c1cccc(F)c1F)(C3)C2. The van der Waals surface area contributed by atoms with Crippen molar-refractivity contribution in [1.82, 2.24) is 0 Å². The maximum Gasteiger partial charge on any atom is 0.172 e. The van der Waals surface area contributed by atoms with Crippen molar-refractivity contribution in [1.29, 1.82) is 0 Å². The molecule has 0 heterocycles. The zero-order valence-electron chi connectivity index (χ0n) is 12.3. The molecule has 1 nitrogen and oxygen atoms in total. The summed E-state index contributed by atoms with van der Waals surface area (Å²) in [5.74, 6) is -0.853. The topological polar surface area (TPSA) is 17.1 Å². The minimum Gasteiger partial charge on any atom is -0.293 e. The molecule has 0 aliphatic heterocycles. The van der Waals surface area contributed by atoms with Crippen molar-refractivity contribution in [2.45, 2.75) is 45.4 Å². The zero-order valence-corrected chi connectivity index (χ0v) is 12.3. The molecule has 0 spiro atoms. The maximum absolute atomic E-state index is 14.0. The second kappa shape index (κ2) is 4.15. The van der Waals surface area contributed by atoms with E-state index in [4.69, 9.17) is 0 Å². The Hall–Kier alpha value is -1.25. The quantitative estimate of drug-likeness (QED) is 0.718. The molecule has 0 N–H and O–H groups in total. The van der Waals surface area contributed by atoms with Crippen LogP contribution in [0, 0.1) is 34.3 Å². The van der Waals surface area contributed by atoms with Crippen molar-refractivity contribution >= 4 is 5.78 Å². The fourth-order valence-corrected chi connectivity index (χ4v) is 5.95. The van der Waals surface area contributed by atoms with Crippen LogP contribution in [0.2, 0.25) is 0 Å². The van der Waals surface area contributed by atoms with Gasteiger partial charge >= 0.3 is 0 Å². The van der Waals surface area contributed by atoms with Crippen molar-refractivity contribution < 1.29 is 13.6 Å². The molecule has 4 fully saturated rings. The van der Waals surface area contributed by atoms with Gasteiger partial charge in [-0.25, -0.2) is 8.78 Å². The summed E-state index contributed by atoms with van der Waals surface area (Å²) in [5, 5.41) is 0. The van der Waals surface area contributed by atoms with Gasteiger partial charge in [-0.15, -0.1) is 0 Å². The Morgan fingerprint density at radius 1 is 1.14 bits per heavy atom. The van der Waals surface area contributed by atoms with Crippen molar-refractivity contribution in [2.75, 3.05) is 0 Å². The van der Waals surface area contributed by atoms with E-state index in [1.54, 1.807) is 0 Å². The van der Waals surface area contributed by atoms with Crippen LogP contribution in [0.4, 0.5) is 8.78 Å². The molecule has 0 amide bonds. The molecular weight excluding hydrogens is 270 g/mol. The summed E-state index contributed by atoms with van der Waals surface area (Å²) in [6, 6.07) is 3.96. The fourth-order valence-electron chi connectivity index (χ4n) is 5.95. The molecule has 4 bridgehead atoms. The average Bonchev–Trinajstić information content (AvgIpc) is 2.38. The second-order valence-corrected chi connectivity index (χ2v) is 7.98. The predicted molar refractivity (Wildman–Crippen MR) is 75.9 cm³/mol. The minimum atomic E-state index is -0.969. The second-order valence-electron chi connectivity index (χ2n) is 7.98. The number of ketones is 1. The molecular formula is C18H20F2O. The summed E-state index contributed by atoms with van der Waals surface area (Å²) in [6.07, 6.45) is 6.20. The van der Waals surface area contributed by atoms with Gasteiger partial charge in [0.1, 0.15) is 0 Å². The Labute approximate surface area is 123 Å². The minimum absolute atomic E-state index is 0.0412. The molecule has 3 heteroatoms. The van der Waals surface area contributed by atoms with Crippen LogP contribution in [0.5, 0.6) is 0 Å². The van der Waals surface area contributed by atoms with E-state index in [9.17, 15) is 13.6 Å². The third-order valence-corrected chi connectivity index (χ3v) is 6.03. The van der Waals surface area contributed by atoms with Crippen LogP contribution >= 0.6 is 0 Å². The van der Waals surface area contributed by atoms with Gasteiger partial charge in [0.05, 0.1) is 5.56 Å². The Bertz CT molecular complexity index is 608. The van der Waals surface area contributed by atoms with Gasteiger partial charge in [0.15, 0.2) is 17.4 Å². The Balaban J connectivity index is 1.76. The summed E-state index contributed by atoms with van der Waals surface area (Å²) >= 11 is 0. The zero-order chi connectivity index (χ0) is 14.8. The molecule has 4 aliphatic rings. The fraction of sp³-hybridized carbons (Fsp3) is 0.611. The average molecular weight is 290 g/mol. The predicted octanol–water partition coefficient (Wildman–Crippen LogP) is 4.75. The van der Waals surface area contributed by atoms with Crippen molar-refractivity contribution in [3.63, 3.8) is 0 Å². The summed E-state index contributed by atoms with van der Waals surface area (Å²) in [5.41, 5.74) is -0.252. The number of hydrogen-bond acceptors (Lipinski definition) is 1. The van der Waals surface area contributed by atoms with E-state index in [-0.39, 0.29) is 16.8 Å². The van der Waals surface area contributed by atoms with Crippen LogP contribution in [0.1, 0.15) is 55.8 Å². The molecule has 21 heavy (non-hydrogen) atoms. The molecule has 1 aromatic carbocycles. The molecule has 0 radical (unpaired) electrons. The van der Waals surface area contributed by atoms with Gasteiger partial charge in [0.2, 0.25) is 0 Å². The molecule has 4 aliphatic carbocycles. The van der Waals surface area contributed by atoms with Gasteiger partial charge in [-0.2, -0.15) is 0 Å². The number of hydrogen-bond donors (Lipinski definition) is 0. The summed E-state index contributed by atoms with van der Waals surface area (Å²) in [7, 11) is 0. The first-order valence-electron chi connectivity index (χ1n) is 7.90. The van der Waals surface area contributed by atoms with E-state index in [1.807, 2.05) is 0 Å². The van der Waals surface area contributed by atoms with Crippen LogP contribution in [0.25, 0.3) is 0 Å². The van der Waals surface area contributed by atoms with Gasteiger partial charge in [-0.1, -0.05) is 13.0 Å². The first kappa shape index (κ1) is 13.4. The summed E-state index contributed by atoms with van der Waals surface area (Å²) < 4.78 is 27.5. The Kier molecular flexibility index (Phi) is 2.65. The summed E-state index contributed by atoms with van der Waals surface area (Å²) in [6.45, 7) is 2.27. The highest BCUT2D eigenvalue weighted by molar-refractivity contribution is 6.01. The largest absolute Gasteiger partial charge is 0.293 e. The lowest BCUT2D eigenvalue weighted by molar-refractivity contribution is -0.0822.